The van der Waals surface area contributed by atoms with Crippen LogP contribution < -0.4 is 5.73 Å². The lowest BCUT2D eigenvalue weighted by molar-refractivity contribution is 0.285. The summed E-state index contributed by atoms with van der Waals surface area (Å²) in [5, 5.41) is 0. The largest absolute Gasteiger partial charge is 0.393 e. The van der Waals surface area contributed by atoms with Crippen LogP contribution >= 0.6 is 12.2 Å². The molecule has 4 heteroatoms. The fraction of sp³-hybridized carbons (Fsp3) is 0.923. The summed E-state index contributed by atoms with van der Waals surface area (Å²) in [6.07, 6.45) is 3.45. The summed E-state index contributed by atoms with van der Waals surface area (Å²) in [6, 6.07) is 0. The van der Waals surface area contributed by atoms with Gasteiger partial charge in [0.1, 0.15) is 0 Å². The van der Waals surface area contributed by atoms with Gasteiger partial charge in [0.25, 0.3) is 0 Å². The summed E-state index contributed by atoms with van der Waals surface area (Å²) < 4.78 is 0. The summed E-state index contributed by atoms with van der Waals surface area (Å²) in [5.41, 5.74) is 5.71. The average Bonchev–Trinajstić information content (AvgIpc) is 2.16. The first-order chi connectivity index (χ1) is 7.75. The van der Waals surface area contributed by atoms with E-state index in [0.29, 0.717) is 4.99 Å². The molecule has 0 saturated heterocycles. The van der Waals surface area contributed by atoms with E-state index in [-0.39, 0.29) is 5.41 Å². The monoisotopic (exact) mass is 259 g/mol. The second-order valence-corrected chi connectivity index (χ2v) is 6.25. The Balaban J connectivity index is 3.64. The molecule has 0 rings (SSSR count). The van der Waals surface area contributed by atoms with Crippen LogP contribution in [0, 0.1) is 5.41 Å². The van der Waals surface area contributed by atoms with Gasteiger partial charge in [0.05, 0.1) is 4.99 Å². The predicted octanol–water partition coefficient (Wildman–Crippen LogP) is 1.96. The van der Waals surface area contributed by atoms with Gasteiger partial charge < -0.3 is 15.5 Å². The molecule has 0 atom stereocenters. The van der Waals surface area contributed by atoms with Crippen LogP contribution in [0.15, 0.2) is 0 Å². The maximum Gasteiger partial charge on any atom is 0.0784 e. The molecule has 3 nitrogen and oxygen atoms in total. The maximum atomic E-state index is 5.71. The van der Waals surface area contributed by atoms with Crippen molar-refractivity contribution in [3.05, 3.63) is 0 Å². The lowest BCUT2D eigenvalue weighted by Gasteiger charge is -2.24. The SMILES string of the molecule is CN(C)CCCN(C)CCCC(C)(C)C(N)=S. The molecule has 0 radical (unpaired) electrons. The molecule has 0 unspecified atom stereocenters. The third kappa shape index (κ3) is 8.52. The first-order valence-electron chi connectivity index (χ1n) is 6.39. The predicted molar refractivity (Wildman–Crippen MR) is 80.5 cm³/mol. The smallest absolute Gasteiger partial charge is 0.0784 e. The van der Waals surface area contributed by atoms with E-state index in [4.69, 9.17) is 18.0 Å². The highest BCUT2D eigenvalue weighted by Crippen LogP contribution is 2.22. The lowest BCUT2D eigenvalue weighted by atomic mass is 9.88. The van der Waals surface area contributed by atoms with E-state index >= 15 is 0 Å². The van der Waals surface area contributed by atoms with Crippen molar-refractivity contribution >= 4 is 17.2 Å². The fourth-order valence-corrected chi connectivity index (χ4v) is 1.78. The van der Waals surface area contributed by atoms with Gasteiger partial charge in [-0.25, -0.2) is 0 Å². The second kappa shape index (κ2) is 8.01. The van der Waals surface area contributed by atoms with Gasteiger partial charge in [-0.1, -0.05) is 26.1 Å². The molecule has 0 saturated carbocycles. The van der Waals surface area contributed by atoms with Gasteiger partial charge in [-0.05, 0) is 60.0 Å². The third-order valence-corrected chi connectivity index (χ3v) is 3.71. The van der Waals surface area contributed by atoms with Crippen LogP contribution in [0.2, 0.25) is 0 Å². The molecule has 0 aromatic heterocycles. The average molecular weight is 259 g/mol. The number of thiocarbonyl (C=S) groups is 1. The topological polar surface area (TPSA) is 32.5 Å². The van der Waals surface area contributed by atoms with Gasteiger partial charge in [-0.3, -0.25) is 0 Å². The Morgan fingerprint density at radius 1 is 1.06 bits per heavy atom. The van der Waals surface area contributed by atoms with Crippen LogP contribution in [-0.4, -0.2) is 55.6 Å². The normalized spacial score (nSPS) is 12.4. The summed E-state index contributed by atoms with van der Waals surface area (Å²) in [7, 11) is 6.42. The minimum atomic E-state index is -0.000189. The molecule has 0 bridgehead atoms. The molecule has 0 spiro atoms. The van der Waals surface area contributed by atoms with E-state index in [0.717, 1.165) is 32.5 Å². The van der Waals surface area contributed by atoms with E-state index in [1.165, 1.54) is 6.42 Å². The van der Waals surface area contributed by atoms with Crippen molar-refractivity contribution < 1.29 is 0 Å². The molecule has 0 aliphatic heterocycles. The third-order valence-electron chi connectivity index (χ3n) is 3.15. The highest BCUT2D eigenvalue weighted by Gasteiger charge is 2.20. The van der Waals surface area contributed by atoms with Crippen LogP contribution in [0.5, 0.6) is 0 Å². The molecular weight excluding hydrogens is 230 g/mol. The Kier molecular flexibility index (Phi) is 7.92. The summed E-state index contributed by atoms with van der Waals surface area (Å²) in [6.45, 7) is 7.69. The van der Waals surface area contributed by atoms with Crippen LogP contribution in [0.1, 0.15) is 33.1 Å². The van der Waals surface area contributed by atoms with Crippen LogP contribution in [0.3, 0.4) is 0 Å². The Labute approximate surface area is 112 Å². The molecule has 0 amide bonds. The Morgan fingerprint density at radius 2 is 1.59 bits per heavy atom. The Hall–Kier alpha value is -0.190. The van der Waals surface area contributed by atoms with Gasteiger partial charge in [0, 0.05) is 5.41 Å². The summed E-state index contributed by atoms with van der Waals surface area (Å²) in [5.74, 6) is 0. The molecule has 17 heavy (non-hydrogen) atoms. The number of hydrogen-bond acceptors (Lipinski definition) is 3. The highest BCUT2D eigenvalue weighted by atomic mass is 32.1. The van der Waals surface area contributed by atoms with Gasteiger partial charge in [-0.15, -0.1) is 0 Å². The first-order valence-corrected chi connectivity index (χ1v) is 6.79. The number of nitrogens with two attached hydrogens (primary N) is 1. The first kappa shape index (κ1) is 16.8. The van der Waals surface area contributed by atoms with E-state index in [1.54, 1.807) is 0 Å². The highest BCUT2D eigenvalue weighted by molar-refractivity contribution is 7.80. The van der Waals surface area contributed by atoms with Gasteiger partial charge in [0.2, 0.25) is 0 Å². The van der Waals surface area contributed by atoms with Crippen molar-refractivity contribution in [1.82, 2.24) is 9.80 Å². The molecule has 0 aromatic carbocycles. The molecule has 0 aliphatic carbocycles. The molecule has 0 aliphatic rings. The molecule has 2 N–H and O–H groups in total. The number of nitrogens with zero attached hydrogens (tertiary/aromatic N) is 2. The molecule has 0 aromatic rings. The Morgan fingerprint density at radius 3 is 2.06 bits per heavy atom. The maximum absolute atomic E-state index is 5.71. The van der Waals surface area contributed by atoms with Crippen molar-refractivity contribution in [3.63, 3.8) is 0 Å². The number of hydrogen-bond donors (Lipinski definition) is 1. The lowest BCUT2D eigenvalue weighted by Crippen LogP contribution is -2.31. The van der Waals surface area contributed by atoms with Crippen LogP contribution in [0.4, 0.5) is 0 Å². The summed E-state index contributed by atoms with van der Waals surface area (Å²) in [4.78, 5) is 5.25. The van der Waals surface area contributed by atoms with Gasteiger partial charge >= 0.3 is 0 Å². The quantitative estimate of drug-likeness (QED) is 0.642. The van der Waals surface area contributed by atoms with Crippen molar-refractivity contribution in [3.8, 4) is 0 Å². The van der Waals surface area contributed by atoms with E-state index in [2.05, 4.69) is 44.8 Å². The van der Waals surface area contributed by atoms with Gasteiger partial charge in [0.15, 0.2) is 0 Å². The molecular formula is C13H29N3S. The molecule has 102 valence electrons. The van der Waals surface area contributed by atoms with E-state index in [9.17, 15) is 0 Å². The number of rotatable bonds is 9. The van der Waals surface area contributed by atoms with Gasteiger partial charge in [-0.2, -0.15) is 0 Å². The van der Waals surface area contributed by atoms with Crippen molar-refractivity contribution in [1.29, 1.82) is 0 Å². The molecule has 0 fully saturated rings. The zero-order chi connectivity index (χ0) is 13.5. The summed E-state index contributed by atoms with van der Waals surface area (Å²) >= 11 is 5.07. The Bertz CT molecular complexity index is 227. The molecule has 0 heterocycles. The van der Waals surface area contributed by atoms with Crippen molar-refractivity contribution in [2.24, 2.45) is 11.1 Å². The van der Waals surface area contributed by atoms with Crippen LogP contribution in [0.25, 0.3) is 0 Å². The zero-order valence-corrected chi connectivity index (χ0v) is 12.9. The van der Waals surface area contributed by atoms with E-state index in [1.807, 2.05) is 0 Å². The van der Waals surface area contributed by atoms with E-state index < -0.39 is 0 Å². The minimum Gasteiger partial charge on any atom is -0.393 e. The zero-order valence-electron chi connectivity index (χ0n) is 12.1. The second-order valence-electron chi connectivity index (χ2n) is 5.81. The van der Waals surface area contributed by atoms with Crippen molar-refractivity contribution in [2.45, 2.75) is 33.1 Å². The minimum absolute atomic E-state index is 0.000189. The van der Waals surface area contributed by atoms with Crippen LogP contribution in [-0.2, 0) is 0 Å². The fourth-order valence-electron chi connectivity index (χ4n) is 1.68. The standard InChI is InChI=1S/C13H29N3S/c1-13(2,12(14)17)8-6-10-16(5)11-7-9-15(3)4/h6-11H2,1-5H3,(H2,14,17). The van der Waals surface area contributed by atoms with Crippen molar-refractivity contribution in [2.75, 3.05) is 40.8 Å².